The zero-order valence-electron chi connectivity index (χ0n) is 12.9. The van der Waals surface area contributed by atoms with E-state index in [1.54, 1.807) is 12.1 Å². The van der Waals surface area contributed by atoms with Crippen LogP contribution in [0.15, 0.2) is 42.9 Å². The van der Waals surface area contributed by atoms with Crippen molar-refractivity contribution >= 4 is 11.5 Å². The van der Waals surface area contributed by atoms with E-state index in [-0.39, 0.29) is 17.7 Å². The van der Waals surface area contributed by atoms with Crippen molar-refractivity contribution in [2.24, 2.45) is 0 Å². The number of alkyl halides is 3. The molecule has 0 atom stereocenters. The smallest absolute Gasteiger partial charge is 0.438 e. The molecule has 6 nitrogen and oxygen atoms in total. The summed E-state index contributed by atoms with van der Waals surface area (Å²) in [6.07, 6.45) is -1.70. The number of halogens is 3. The Labute approximate surface area is 140 Å². The first-order valence-corrected chi connectivity index (χ1v) is 6.90. The molecular formula is C16H13F3N2O4. The Hall–Kier alpha value is -3.10. The number of carboxylic acid groups (broad SMARTS) is 1. The molecule has 0 aliphatic rings. The van der Waals surface area contributed by atoms with E-state index in [0.29, 0.717) is 5.56 Å². The number of ether oxygens (including phenoxy) is 2. The predicted octanol–water partition coefficient (Wildman–Crippen LogP) is 3.15. The number of carboxylic acids is 1. The molecule has 0 aliphatic heterocycles. The van der Waals surface area contributed by atoms with E-state index in [1.807, 2.05) is 0 Å². The van der Waals surface area contributed by atoms with Gasteiger partial charge in [0.1, 0.15) is 12.2 Å². The first-order valence-electron chi connectivity index (χ1n) is 6.90. The van der Waals surface area contributed by atoms with Crippen molar-refractivity contribution in [2.75, 3.05) is 7.11 Å². The topological polar surface area (TPSA) is 81.5 Å². The van der Waals surface area contributed by atoms with Crippen LogP contribution in [0.2, 0.25) is 0 Å². The summed E-state index contributed by atoms with van der Waals surface area (Å²) >= 11 is 0. The minimum atomic E-state index is -4.72. The first kappa shape index (κ1) is 18.2. The molecule has 132 valence electrons. The van der Waals surface area contributed by atoms with Gasteiger partial charge in [0.15, 0.2) is 0 Å². The average Bonchev–Trinajstić information content (AvgIpc) is 2.57. The quantitative estimate of drug-likeness (QED) is 0.634. The van der Waals surface area contributed by atoms with Crippen LogP contribution >= 0.6 is 0 Å². The zero-order chi connectivity index (χ0) is 18.4. The lowest BCUT2D eigenvalue weighted by Gasteiger charge is -2.13. The monoisotopic (exact) mass is 354 g/mol. The summed E-state index contributed by atoms with van der Waals surface area (Å²) in [6, 6.07) is 6.23. The van der Waals surface area contributed by atoms with E-state index in [2.05, 4.69) is 9.97 Å². The van der Waals surface area contributed by atoms with Crippen LogP contribution in [0.3, 0.4) is 0 Å². The van der Waals surface area contributed by atoms with Crippen molar-refractivity contribution < 1.29 is 32.5 Å². The Morgan fingerprint density at radius 3 is 2.56 bits per heavy atom. The summed E-state index contributed by atoms with van der Waals surface area (Å²) in [5.74, 6) is -1.93. The molecule has 9 heteroatoms. The van der Waals surface area contributed by atoms with Gasteiger partial charge in [-0.1, -0.05) is 24.3 Å². The Balaban J connectivity index is 2.32. The normalized spacial score (nSPS) is 11.9. The van der Waals surface area contributed by atoms with Crippen LogP contribution in [0.5, 0.6) is 5.88 Å². The molecule has 0 spiro atoms. The number of benzene rings is 1. The molecule has 0 saturated carbocycles. The second kappa shape index (κ2) is 7.65. The Morgan fingerprint density at radius 2 is 1.92 bits per heavy atom. The minimum absolute atomic E-state index is 0.156. The summed E-state index contributed by atoms with van der Waals surface area (Å²) in [4.78, 5) is 18.1. The number of hydrogen-bond acceptors (Lipinski definition) is 5. The fourth-order valence-corrected chi connectivity index (χ4v) is 2.03. The SMILES string of the molecule is CO/C=C(/C(=O)O)c1ccccc1COc1nccnc1C(F)(F)F. The number of aromatic nitrogens is 2. The van der Waals surface area contributed by atoms with Gasteiger partial charge in [-0.05, 0) is 11.1 Å². The van der Waals surface area contributed by atoms with Crippen LogP contribution in [0, 0.1) is 0 Å². The molecule has 0 unspecified atom stereocenters. The summed E-state index contributed by atoms with van der Waals surface area (Å²) in [5, 5.41) is 9.26. The van der Waals surface area contributed by atoms with Gasteiger partial charge in [0.25, 0.3) is 0 Å². The molecule has 0 aliphatic carbocycles. The highest BCUT2D eigenvalue weighted by Crippen LogP contribution is 2.33. The Kier molecular flexibility index (Phi) is 5.58. The summed E-state index contributed by atoms with van der Waals surface area (Å²) in [5.41, 5.74) is -0.795. The van der Waals surface area contributed by atoms with Crippen molar-refractivity contribution in [2.45, 2.75) is 12.8 Å². The first-order chi connectivity index (χ1) is 11.8. The molecule has 1 heterocycles. The Bertz CT molecular complexity index is 791. The van der Waals surface area contributed by atoms with E-state index < -0.39 is 23.7 Å². The van der Waals surface area contributed by atoms with E-state index in [4.69, 9.17) is 9.47 Å². The van der Waals surface area contributed by atoms with Gasteiger partial charge in [0.2, 0.25) is 11.6 Å². The highest BCUT2D eigenvalue weighted by molar-refractivity contribution is 6.15. The number of methoxy groups -OCH3 is 1. The standard InChI is InChI=1S/C16H13F3N2O4/c1-24-9-12(15(22)23)11-5-3-2-4-10(11)8-25-14-13(16(17,18)19)20-6-7-21-14/h2-7,9H,8H2,1H3,(H,22,23)/b12-9+. The third-order valence-electron chi connectivity index (χ3n) is 3.07. The van der Waals surface area contributed by atoms with Gasteiger partial charge in [0.05, 0.1) is 13.4 Å². The molecule has 25 heavy (non-hydrogen) atoms. The van der Waals surface area contributed by atoms with Crippen LogP contribution in [0.25, 0.3) is 5.57 Å². The van der Waals surface area contributed by atoms with E-state index in [0.717, 1.165) is 18.7 Å². The number of hydrogen-bond donors (Lipinski definition) is 1. The molecular weight excluding hydrogens is 341 g/mol. The van der Waals surface area contributed by atoms with Gasteiger partial charge < -0.3 is 14.6 Å². The largest absolute Gasteiger partial charge is 0.503 e. The van der Waals surface area contributed by atoms with Gasteiger partial charge in [-0.25, -0.2) is 14.8 Å². The van der Waals surface area contributed by atoms with Crippen molar-refractivity contribution in [3.63, 3.8) is 0 Å². The average molecular weight is 354 g/mol. The van der Waals surface area contributed by atoms with Crippen molar-refractivity contribution in [1.82, 2.24) is 9.97 Å². The molecule has 0 radical (unpaired) electrons. The highest BCUT2D eigenvalue weighted by atomic mass is 19.4. The van der Waals surface area contributed by atoms with Crippen molar-refractivity contribution in [3.05, 3.63) is 59.7 Å². The zero-order valence-corrected chi connectivity index (χ0v) is 12.9. The molecule has 2 rings (SSSR count). The molecule has 1 aromatic carbocycles. The summed E-state index contributed by atoms with van der Waals surface area (Å²) < 4.78 is 48.6. The van der Waals surface area contributed by atoms with Gasteiger partial charge in [0, 0.05) is 12.4 Å². The second-order valence-electron chi connectivity index (χ2n) is 4.73. The summed E-state index contributed by atoms with van der Waals surface area (Å²) in [6.45, 7) is -0.327. The third-order valence-corrected chi connectivity index (χ3v) is 3.07. The fourth-order valence-electron chi connectivity index (χ4n) is 2.03. The second-order valence-corrected chi connectivity index (χ2v) is 4.73. The predicted molar refractivity (Wildman–Crippen MR) is 80.4 cm³/mol. The number of rotatable bonds is 6. The van der Waals surface area contributed by atoms with E-state index in [1.165, 1.54) is 19.2 Å². The van der Waals surface area contributed by atoms with E-state index >= 15 is 0 Å². The lowest BCUT2D eigenvalue weighted by Crippen LogP contribution is -2.13. The van der Waals surface area contributed by atoms with Crippen LogP contribution in [0.4, 0.5) is 13.2 Å². The fraction of sp³-hybridized carbons (Fsp3) is 0.188. The molecule has 1 N–H and O–H groups in total. The van der Waals surface area contributed by atoms with Crippen LogP contribution in [-0.2, 0) is 22.3 Å². The maximum absolute atomic E-state index is 12.9. The highest BCUT2D eigenvalue weighted by Gasteiger charge is 2.37. The lowest BCUT2D eigenvalue weighted by molar-refractivity contribution is -0.143. The third kappa shape index (κ3) is 4.46. The van der Waals surface area contributed by atoms with Crippen LogP contribution in [-0.4, -0.2) is 28.2 Å². The Morgan fingerprint density at radius 1 is 1.24 bits per heavy atom. The van der Waals surface area contributed by atoms with Crippen LogP contribution in [0.1, 0.15) is 16.8 Å². The molecule has 0 bridgehead atoms. The molecule has 0 fully saturated rings. The van der Waals surface area contributed by atoms with Crippen LogP contribution < -0.4 is 4.74 Å². The van der Waals surface area contributed by atoms with Crippen molar-refractivity contribution in [1.29, 1.82) is 0 Å². The molecule has 1 aromatic heterocycles. The van der Waals surface area contributed by atoms with Gasteiger partial charge >= 0.3 is 12.1 Å². The lowest BCUT2D eigenvalue weighted by atomic mass is 10.0. The number of carbonyl (C=O) groups is 1. The molecule has 0 amide bonds. The maximum atomic E-state index is 12.9. The van der Waals surface area contributed by atoms with Gasteiger partial charge in [-0.3, -0.25) is 0 Å². The molecule has 0 saturated heterocycles. The number of aliphatic carboxylic acids is 1. The van der Waals surface area contributed by atoms with Gasteiger partial charge in [-0.2, -0.15) is 13.2 Å². The number of nitrogens with zero attached hydrogens (tertiary/aromatic N) is 2. The van der Waals surface area contributed by atoms with Gasteiger partial charge in [-0.15, -0.1) is 0 Å². The van der Waals surface area contributed by atoms with E-state index in [9.17, 15) is 23.1 Å². The van der Waals surface area contributed by atoms with Crippen molar-refractivity contribution in [3.8, 4) is 5.88 Å². The maximum Gasteiger partial charge on any atom is 0.438 e. The minimum Gasteiger partial charge on any atom is -0.503 e. The summed E-state index contributed by atoms with van der Waals surface area (Å²) in [7, 11) is 1.29. The molecule has 2 aromatic rings.